The van der Waals surface area contributed by atoms with Gasteiger partial charge in [-0.25, -0.2) is 0 Å². The number of aliphatic hydroxyl groups excluding tert-OH is 1. The summed E-state index contributed by atoms with van der Waals surface area (Å²) in [6, 6.07) is 4.49. The normalized spacial score (nSPS) is 20.4. The van der Waals surface area contributed by atoms with Gasteiger partial charge in [-0.2, -0.15) is 0 Å². The molecule has 5 nitrogen and oxygen atoms in total. The zero-order valence-corrected chi connectivity index (χ0v) is 9.93. The molecular formula is C11H13ClN2O3. The molecule has 17 heavy (non-hydrogen) atoms. The first-order chi connectivity index (χ1) is 8.08. The fourth-order valence-electron chi connectivity index (χ4n) is 2.08. The van der Waals surface area contributed by atoms with Crippen LogP contribution in [-0.4, -0.2) is 29.2 Å². The van der Waals surface area contributed by atoms with Gasteiger partial charge >= 0.3 is 0 Å². The minimum Gasteiger partial charge on any atom is -0.391 e. The molecule has 2 rings (SSSR count). The van der Waals surface area contributed by atoms with Gasteiger partial charge in [-0.1, -0.05) is 11.6 Å². The van der Waals surface area contributed by atoms with Crippen LogP contribution in [0.1, 0.15) is 12.8 Å². The molecular weight excluding hydrogens is 244 g/mol. The lowest BCUT2D eigenvalue weighted by Crippen LogP contribution is -2.38. The van der Waals surface area contributed by atoms with Crippen molar-refractivity contribution in [3.05, 3.63) is 33.3 Å². The third-order valence-corrected chi connectivity index (χ3v) is 3.11. The van der Waals surface area contributed by atoms with Gasteiger partial charge in [0.05, 0.1) is 11.0 Å². The first-order valence-electron chi connectivity index (χ1n) is 5.45. The van der Waals surface area contributed by atoms with E-state index in [1.54, 1.807) is 6.07 Å². The topological polar surface area (TPSA) is 66.6 Å². The highest BCUT2D eigenvalue weighted by Crippen LogP contribution is 2.32. The number of rotatable bonds is 2. The second-order valence-electron chi connectivity index (χ2n) is 4.13. The molecule has 92 valence electrons. The summed E-state index contributed by atoms with van der Waals surface area (Å²) < 4.78 is 0. The molecule has 0 unspecified atom stereocenters. The zero-order valence-electron chi connectivity index (χ0n) is 9.17. The van der Waals surface area contributed by atoms with Crippen LogP contribution in [0, 0.1) is 10.1 Å². The first kappa shape index (κ1) is 12.1. The number of benzene rings is 1. The van der Waals surface area contributed by atoms with Gasteiger partial charge < -0.3 is 10.0 Å². The molecule has 0 saturated carbocycles. The Morgan fingerprint density at radius 1 is 1.53 bits per heavy atom. The summed E-state index contributed by atoms with van der Waals surface area (Å²) in [5.41, 5.74) is 0.518. The fraction of sp³-hybridized carbons (Fsp3) is 0.455. The predicted molar refractivity (Wildman–Crippen MR) is 65.6 cm³/mol. The van der Waals surface area contributed by atoms with E-state index < -0.39 is 11.0 Å². The molecule has 1 fully saturated rings. The second kappa shape index (κ2) is 4.89. The SMILES string of the molecule is O=[N+]([O-])c1ccc(Cl)cc1N1CCC[C@H](O)C1. The van der Waals surface area contributed by atoms with Gasteiger partial charge in [0.2, 0.25) is 0 Å². The van der Waals surface area contributed by atoms with Crippen molar-refractivity contribution < 1.29 is 10.0 Å². The van der Waals surface area contributed by atoms with Crippen molar-refractivity contribution in [2.45, 2.75) is 18.9 Å². The van der Waals surface area contributed by atoms with Gasteiger partial charge in [0.25, 0.3) is 5.69 Å². The molecule has 1 atom stereocenters. The van der Waals surface area contributed by atoms with Gasteiger partial charge in [-0.15, -0.1) is 0 Å². The highest BCUT2D eigenvalue weighted by Gasteiger charge is 2.24. The van der Waals surface area contributed by atoms with E-state index in [-0.39, 0.29) is 5.69 Å². The molecule has 1 saturated heterocycles. The Hall–Kier alpha value is -1.33. The van der Waals surface area contributed by atoms with Gasteiger partial charge in [0.15, 0.2) is 0 Å². The highest BCUT2D eigenvalue weighted by molar-refractivity contribution is 6.31. The average molecular weight is 257 g/mol. The number of β-amino-alcohol motifs (C(OH)–C–C–N with tert-alkyl or cyclic N) is 1. The minimum absolute atomic E-state index is 0.0310. The van der Waals surface area contributed by atoms with Gasteiger partial charge in [-0.3, -0.25) is 10.1 Å². The summed E-state index contributed by atoms with van der Waals surface area (Å²) in [5.74, 6) is 0. The summed E-state index contributed by atoms with van der Waals surface area (Å²) in [4.78, 5) is 12.3. The molecule has 1 aliphatic rings. The number of nitrogens with zero attached hydrogens (tertiary/aromatic N) is 2. The molecule has 0 radical (unpaired) electrons. The van der Waals surface area contributed by atoms with Crippen LogP contribution in [0.4, 0.5) is 11.4 Å². The fourth-order valence-corrected chi connectivity index (χ4v) is 2.24. The molecule has 1 aliphatic heterocycles. The van der Waals surface area contributed by atoms with Crippen molar-refractivity contribution in [2.24, 2.45) is 0 Å². The number of hydrogen-bond donors (Lipinski definition) is 1. The zero-order chi connectivity index (χ0) is 12.4. The Bertz CT molecular complexity index is 439. The van der Waals surface area contributed by atoms with Crippen LogP contribution in [0.5, 0.6) is 0 Å². The molecule has 0 amide bonds. The molecule has 1 heterocycles. The van der Waals surface area contributed by atoms with Crippen LogP contribution in [-0.2, 0) is 0 Å². The van der Waals surface area contributed by atoms with E-state index in [4.69, 9.17) is 11.6 Å². The van der Waals surface area contributed by atoms with Crippen molar-refractivity contribution in [3.8, 4) is 0 Å². The van der Waals surface area contributed by atoms with Crippen LogP contribution >= 0.6 is 11.6 Å². The number of piperidine rings is 1. The van der Waals surface area contributed by atoms with Crippen molar-refractivity contribution in [2.75, 3.05) is 18.0 Å². The minimum atomic E-state index is -0.428. The summed E-state index contributed by atoms with van der Waals surface area (Å²) >= 11 is 5.87. The Kier molecular flexibility index (Phi) is 3.49. The number of nitro benzene ring substituents is 1. The van der Waals surface area contributed by atoms with E-state index in [0.29, 0.717) is 23.8 Å². The smallest absolute Gasteiger partial charge is 0.292 e. The van der Waals surface area contributed by atoms with Crippen LogP contribution in [0.3, 0.4) is 0 Å². The van der Waals surface area contributed by atoms with Crippen LogP contribution < -0.4 is 4.90 Å². The summed E-state index contributed by atoms with van der Waals surface area (Å²) in [7, 11) is 0. The van der Waals surface area contributed by atoms with E-state index in [0.717, 1.165) is 12.8 Å². The molecule has 1 aromatic carbocycles. The van der Waals surface area contributed by atoms with E-state index >= 15 is 0 Å². The van der Waals surface area contributed by atoms with E-state index in [2.05, 4.69) is 0 Å². The van der Waals surface area contributed by atoms with E-state index in [1.165, 1.54) is 12.1 Å². The standard InChI is InChI=1S/C11H13ClN2O3/c12-8-3-4-10(14(16)17)11(6-8)13-5-1-2-9(15)7-13/h3-4,6,9,15H,1-2,5,7H2/t9-/m0/s1. The maximum Gasteiger partial charge on any atom is 0.292 e. The summed E-state index contributed by atoms with van der Waals surface area (Å²) in [5, 5.41) is 21.0. The molecule has 0 aliphatic carbocycles. The van der Waals surface area contributed by atoms with Crippen LogP contribution in [0.15, 0.2) is 18.2 Å². The summed E-state index contributed by atoms with van der Waals surface area (Å²) in [6.07, 6.45) is 1.14. The quantitative estimate of drug-likeness (QED) is 0.651. The molecule has 1 aromatic rings. The maximum atomic E-state index is 10.9. The van der Waals surface area contributed by atoms with E-state index in [1.807, 2.05) is 4.90 Å². The van der Waals surface area contributed by atoms with Gasteiger partial charge in [0.1, 0.15) is 5.69 Å². The maximum absolute atomic E-state index is 10.9. The highest BCUT2D eigenvalue weighted by atomic mass is 35.5. The largest absolute Gasteiger partial charge is 0.391 e. The molecule has 0 aromatic heterocycles. The Balaban J connectivity index is 2.35. The number of anilines is 1. The first-order valence-corrected chi connectivity index (χ1v) is 5.82. The van der Waals surface area contributed by atoms with Crippen molar-refractivity contribution in [1.82, 2.24) is 0 Å². The van der Waals surface area contributed by atoms with Crippen LogP contribution in [0.2, 0.25) is 5.02 Å². The summed E-state index contributed by atoms with van der Waals surface area (Å²) in [6.45, 7) is 1.12. The van der Waals surface area contributed by atoms with Crippen LogP contribution in [0.25, 0.3) is 0 Å². The van der Waals surface area contributed by atoms with Crippen molar-refractivity contribution in [3.63, 3.8) is 0 Å². The molecule has 6 heteroatoms. The Morgan fingerprint density at radius 2 is 2.29 bits per heavy atom. The number of halogens is 1. The number of hydrogen-bond acceptors (Lipinski definition) is 4. The third kappa shape index (κ3) is 2.68. The lowest BCUT2D eigenvalue weighted by Gasteiger charge is -2.31. The van der Waals surface area contributed by atoms with Crippen molar-refractivity contribution >= 4 is 23.0 Å². The van der Waals surface area contributed by atoms with Gasteiger partial charge in [0, 0.05) is 24.2 Å². The van der Waals surface area contributed by atoms with Crippen molar-refractivity contribution in [1.29, 1.82) is 0 Å². The lowest BCUT2D eigenvalue weighted by atomic mass is 10.1. The Labute approximate surface area is 104 Å². The molecule has 1 N–H and O–H groups in total. The Morgan fingerprint density at radius 3 is 2.94 bits per heavy atom. The average Bonchev–Trinajstić information content (AvgIpc) is 2.28. The number of aliphatic hydroxyl groups is 1. The number of nitro groups is 1. The molecule has 0 spiro atoms. The van der Waals surface area contributed by atoms with Gasteiger partial charge in [-0.05, 0) is 25.0 Å². The predicted octanol–water partition coefficient (Wildman–Crippen LogP) is 2.21. The monoisotopic (exact) mass is 256 g/mol. The molecule has 0 bridgehead atoms. The lowest BCUT2D eigenvalue weighted by molar-refractivity contribution is -0.384. The third-order valence-electron chi connectivity index (χ3n) is 2.87. The second-order valence-corrected chi connectivity index (χ2v) is 4.57. The van der Waals surface area contributed by atoms with E-state index in [9.17, 15) is 15.2 Å².